The molecule has 0 heterocycles. The standard InChI is InChI=1S/C5H11Br.C4H10O3P.H4Si/c1-2-3-4-5-6;1-3-6-8(5)7-4-2;/h2-5H2,1H3;3-4H2,1-2H3;1H4/q;+1;. The topological polar surface area (TPSA) is 35.5 Å². The molecule has 0 aromatic carbocycles. The summed E-state index contributed by atoms with van der Waals surface area (Å²) < 4.78 is 19.5. The van der Waals surface area contributed by atoms with Crippen molar-refractivity contribution in [3.63, 3.8) is 0 Å². The first-order chi connectivity index (χ1) is 6.72. The van der Waals surface area contributed by atoms with E-state index in [9.17, 15) is 4.57 Å². The fourth-order valence-electron chi connectivity index (χ4n) is 0.593. The van der Waals surface area contributed by atoms with Crippen LogP contribution < -0.4 is 0 Å². The summed E-state index contributed by atoms with van der Waals surface area (Å²) in [6.07, 6.45) is 4.02. The summed E-state index contributed by atoms with van der Waals surface area (Å²) in [5, 5.41) is 1.17. The number of alkyl halides is 1. The Balaban J connectivity index is -0.000000187. The van der Waals surface area contributed by atoms with Crippen LogP contribution in [0.15, 0.2) is 0 Å². The lowest BCUT2D eigenvalue weighted by Gasteiger charge is -1.85. The minimum absolute atomic E-state index is 0. The number of halogens is 1. The highest BCUT2D eigenvalue weighted by atomic mass is 79.9. The largest absolute Gasteiger partial charge is 0.697 e. The number of hydrogen-bond acceptors (Lipinski definition) is 3. The number of hydrogen-bond donors (Lipinski definition) is 0. The predicted molar refractivity (Wildman–Crippen MR) is 75.5 cm³/mol. The van der Waals surface area contributed by atoms with Gasteiger partial charge in [-0.2, -0.15) is 0 Å². The van der Waals surface area contributed by atoms with E-state index in [-0.39, 0.29) is 11.0 Å². The maximum Gasteiger partial charge on any atom is 0.697 e. The fourth-order valence-corrected chi connectivity index (χ4v) is 1.49. The van der Waals surface area contributed by atoms with E-state index in [0.29, 0.717) is 13.2 Å². The van der Waals surface area contributed by atoms with Crippen LogP contribution in [0.25, 0.3) is 0 Å². The zero-order chi connectivity index (χ0) is 11.2. The van der Waals surface area contributed by atoms with Gasteiger partial charge in [-0.1, -0.05) is 35.7 Å². The minimum Gasteiger partial charge on any atom is -0.119 e. The molecule has 0 aliphatic rings. The van der Waals surface area contributed by atoms with Crippen molar-refractivity contribution >= 4 is 35.2 Å². The van der Waals surface area contributed by atoms with E-state index in [0.717, 1.165) is 0 Å². The number of rotatable bonds is 7. The molecule has 0 bridgehead atoms. The Morgan fingerprint density at radius 3 is 1.73 bits per heavy atom. The summed E-state index contributed by atoms with van der Waals surface area (Å²) in [7, 11) is -1.83. The summed E-state index contributed by atoms with van der Waals surface area (Å²) >= 11 is 3.35. The molecule has 0 amide bonds. The van der Waals surface area contributed by atoms with E-state index < -0.39 is 8.25 Å². The van der Waals surface area contributed by atoms with Crippen LogP contribution in [0.1, 0.15) is 40.0 Å². The molecule has 0 rings (SSSR count). The van der Waals surface area contributed by atoms with Gasteiger partial charge in [0.05, 0.1) is 0 Å². The molecule has 0 saturated carbocycles. The monoisotopic (exact) mass is 319 g/mol. The third-order valence-electron chi connectivity index (χ3n) is 1.21. The maximum atomic E-state index is 10.3. The van der Waals surface area contributed by atoms with Crippen LogP contribution in [0.3, 0.4) is 0 Å². The molecule has 0 saturated heterocycles. The van der Waals surface area contributed by atoms with Gasteiger partial charge < -0.3 is 0 Å². The third kappa shape index (κ3) is 25.2. The summed E-state index contributed by atoms with van der Waals surface area (Å²) in [4.78, 5) is 0. The first-order valence-electron chi connectivity index (χ1n) is 5.01. The van der Waals surface area contributed by atoms with Gasteiger partial charge >= 0.3 is 8.25 Å². The molecule has 15 heavy (non-hydrogen) atoms. The SMILES string of the molecule is CCCCCBr.CCO[P+](=O)OCC.[SiH4]. The van der Waals surface area contributed by atoms with Crippen molar-refractivity contribution in [2.75, 3.05) is 18.5 Å². The summed E-state index contributed by atoms with van der Waals surface area (Å²) in [6.45, 7) is 6.63. The van der Waals surface area contributed by atoms with Crippen molar-refractivity contribution in [3.05, 3.63) is 0 Å². The molecule has 3 nitrogen and oxygen atoms in total. The molecule has 94 valence electrons. The van der Waals surface area contributed by atoms with Gasteiger partial charge in [-0.05, 0) is 31.2 Å². The van der Waals surface area contributed by atoms with Crippen molar-refractivity contribution in [2.45, 2.75) is 40.0 Å². The first-order valence-corrected chi connectivity index (χ1v) is 7.23. The second-order valence-corrected chi connectivity index (χ2v) is 4.21. The number of unbranched alkanes of at least 4 members (excludes halogenated alkanes) is 2. The van der Waals surface area contributed by atoms with E-state index in [1.165, 1.54) is 24.6 Å². The lowest BCUT2D eigenvalue weighted by atomic mass is 10.3. The summed E-state index contributed by atoms with van der Waals surface area (Å²) in [6, 6.07) is 0. The van der Waals surface area contributed by atoms with E-state index >= 15 is 0 Å². The van der Waals surface area contributed by atoms with Gasteiger partial charge in [0.25, 0.3) is 0 Å². The Morgan fingerprint density at radius 1 is 1.07 bits per heavy atom. The molecule has 6 heteroatoms. The molecule has 0 aromatic heterocycles. The van der Waals surface area contributed by atoms with Gasteiger partial charge in [0, 0.05) is 9.90 Å². The van der Waals surface area contributed by atoms with Gasteiger partial charge in [0.15, 0.2) is 0 Å². The van der Waals surface area contributed by atoms with Crippen molar-refractivity contribution in [3.8, 4) is 0 Å². The minimum atomic E-state index is -1.83. The molecule has 0 spiro atoms. The highest BCUT2D eigenvalue weighted by Gasteiger charge is 2.15. The molecular formula is C9H25BrO3PSi+. The van der Waals surface area contributed by atoms with Crippen LogP contribution in [0.5, 0.6) is 0 Å². The van der Waals surface area contributed by atoms with Crippen LogP contribution in [0, 0.1) is 0 Å². The molecule has 0 fully saturated rings. The third-order valence-corrected chi connectivity index (χ3v) is 2.70. The van der Waals surface area contributed by atoms with Gasteiger partial charge in [-0.25, -0.2) is 0 Å². The van der Waals surface area contributed by atoms with Gasteiger partial charge in [0.1, 0.15) is 13.2 Å². The van der Waals surface area contributed by atoms with Gasteiger partial charge in [-0.3, -0.25) is 0 Å². The average molecular weight is 320 g/mol. The molecule has 0 aromatic rings. The Kier molecular flexibility index (Phi) is 28.3. The van der Waals surface area contributed by atoms with Gasteiger partial charge in [-0.15, -0.1) is 9.05 Å². The lowest BCUT2D eigenvalue weighted by molar-refractivity contribution is 0.243. The molecule has 0 unspecified atom stereocenters. The highest BCUT2D eigenvalue weighted by Crippen LogP contribution is 2.21. The summed E-state index contributed by atoms with van der Waals surface area (Å²) in [5.41, 5.74) is 0. The zero-order valence-electron chi connectivity index (χ0n) is 9.29. The zero-order valence-corrected chi connectivity index (χ0v) is 11.8. The highest BCUT2D eigenvalue weighted by molar-refractivity contribution is 9.09. The summed E-state index contributed by atoms with van der Waals surface area (Å²) in [5.74, 6) is 0. The van der Waals surface area contributed by atoms with Crippen LogP contribution in [-0.4, -0.2) is 29.5 Å². The second-order valence-electron chi connectivity index (χ2n) is 2.46. The normalized spacial score (nSPS) is 8.53. The molecule has 0 N–H and O–H groups in total. The maximum absolute atomic E-state index is 10.3. The van der Waals surface area contributed by atoms with E-state index in [1.807, 2.05) is 0 Å². The van der Waals surface area contributed by atoms with Gasteiger partial charge in [0.2, 0.25) is 0 Å². The molecule has 0 aliphatic carbocycles. The lowest BCUT2D eigenvalue weighted by Crippen LogP contribution is -1.81. The average Bonchev–Trinajstić information content (AvgIpc) is 2.16. The van der Waals surface area contributed by atoms with Crippen molar-refractivity contribution in [1.82, 2.24) is 0 Å². The van der Waals surface area contributed by atoms with Crippen LogP contribution in [-0.2, 0) is 13.6 Å². The van der Waals surface area contributed by atoms with E-state index in [1.54, 1.807) is 13.8 Å². The Labute approximate surface area is 107 Å². The van der Waals surface area contributed by atoms with E-state index in [2.05, 4.69) is 31.9 Å². The van der Waals surface area contributed by atoms with Crippen molar-refractivity contribution in [2.24, 2.45) is 0 Å². The molecule has 0 radical (unpaired) electrons. The fraction of sp³-hybridized carbons (Fsp3) is 1.00. The Bertz CT molecular complexity index is 116. The smallest absolute Gasteiger partial charge is 0.119 e. The van der Waals surface area contributed by atoms with Crippen LogP contribution >= 0.6 is 24.2 Å². The Hall–Kier alpha value is 0.717. The molecule has 0 atom stereocenters. The van der Waals surface area contributed by atoms with Crippen molar-refractivity contribution in [1.29, 1.82) is 0 Å². The van der Waals surface area contributed by atoms with Crippen LogP contribution in [0.4, 0.5) is 0 Å². The first kappa shape index (κ1) is 21.0. The molecular weight excluding hydrogens is 295 g/mol. The second kappa shape index (κ2) is 20.2. The van der Waals surface area contributed by atoms with Crippen LogP contribution in [0.2, 0.25) is 0 Å². The van der Waals surface area contributed by atoms with E-state index in [4.69, 9.17) is 0 Å². The quantitative estimate of drug-likeness (QED) is 0.313. The van der Waals surface area contributed by atoms with Crippen molar-refractivity contribution < 1.29 is 13.6 Å². The molecule has 0 aliphatic heterocycles. The Morgan fingerprint density at radius 2 is 1.53 bits per heavy atom. The predicted octanol–water partition coefficient (Wildman–Crippen LogP) is 2.84.